The van der Waals surface area contributed by atoms with Gasteiger partial charge in [-0.2, -0.15) is 0 Å². The van der Waals surface area contributed by atoms with E-state index in [9.17, 15) is 5.11 Å². The molecule has 0 aliphatic heterocycles. The van der Waals surface area contributed by atoms with Crippen LogP contribution in [0.4, 0.5) is 0 Å². The number of hydrogen-bond acceptors (Lipinski definition) is 2. The molecule has 0 saturated heterocycles. The normalized spacial score (nSPS) is 11.2. The number of phenols is 1. The lowest BCUT2D eigenvalue weighted by molar-refractivity contribution is 0.476. The van der Waals surface area contributed by atoms with E-state index in [0.717, 1.165) is 27.6 Å². The van der Waals surface area contributed by atoms with Crippen molar-refractivity contribution in [1.29, 1.82) is 0 Å². The second kappa shape index (κ2) is 4.10. The summed E-state index contributed by atoms with van der Waals surface area (Å²) in [6.45, 7) is 0. The van der Waals surface area contributed by atoms with Crippen LogP contribution in [0.3, 0.4) is 0 Å². The maximum absolute atomic E-state index is 9.74. The van der Waals surface area contributed by atoms with Gasteiger partial charge in [-0.1, -0.05) is 24.3 Å². The number of para-hydroxylation sites is 1. The first kappa shape index (κ1) is 11.1. The van der Waals surface area contributed by atoms with Gasteiger partial charge in [0.15, 0.2) is 0 Å². The Morgan fingerprint density at radius 1 is 0.800 bits per heavy atom. The van der Waals surface area contributed by atoms with E-state index in [4.69, 9.17) is 0 Å². The second-order valence-electron chi connectivity index (χ2n) is 4.74. The first-order valence-electron chi connectivity index (χ1n) is 6.48. The van der Waals surface area contributed by atoms with Gasteiger partial charge in [-0.25, -0.2) is 4.98 Å². The molecule has 0 aliphatic rings. The van der Waals surface area contributed by atoms with Crippen molar-refractivity contribution in [1.82, 2.24) is 9.55 Å². The van der Waals surface area contributed by atoms with Crippen molar-refractivity contribution in [2.24, 2.45) is 0 Å². The highest BCUT2D eigenvalue weighted by Crippen LogP contribution is 2.33. The number of hydrogen-bond donors (Lipinski definition) is 1. The third-order valence-corrected chi connectivity index (χ3v) is 3.53. The van der Waals surface area contributed by atoms with Crippen LogP contribution in [-0.4, -0.2) is 14.7 Å². The Labute approximate surface area is 115 Å². The molecule has 2 heterocycles. The number of fused-ring (bicyclic) bond motifs is 3. The van der Waals surface area contributed by atoms with Crippen molar-refractivity contribution in [2.75, 3.05) is 0 Å². The van der Waals surface area contributed by atoms with Crippen LogP contribution in [0.2, 0.25) is 0 Å². The third-order valence-electron chi connectivity index (χ3n) is 3.53. The zero-order valence-electron chi connectivity index (χ0n) is 10.7. The van der Waals surface area contributed by atoms with Gasteiger partial charge in [-0.3, -0.25) is 4.57 Å². The van der Waals surface area contributed by atoms with Crippen LogP contribution in [0.1, 0.15) is 0 Å². The molecule has 4 rings (SSSR count). The summed E-state index contributed by atoms with van der Waals surface area (Å²) in [5.74, 6) is 1.16. The monoisotopic (exact) mass is 260 g/mol. The molecule has 0 fully saturated rings. The number of pyridine rings is 1. The molecule has 0 radical (unpaired) electrons. The lowest BCUT2D eigenvalue weighted by atomic mass is 10.1. The minimum atomic E-state index is 0.279. The molecule has 0 spiro atoms. The predicted octanol–water partition coefficient (Wildman–Crippen LogP) is 3.88. The van der Waals surface area contributed by atoms with Crippen molar-refractivity contribution in [3.8, 4) is 11.6 Å². The van der Waals surface area contributed by atoms with Gasteiger partial charge in [-0.05, 0) is 36.4 Å². The first-order valence-corrected chi connectivity index (χ1v) is 6.48. The van der Waals surface area contributed by atoms with Gasteiger partial charge in [0.1, 0.15) is 11.6 Å². The molecular formula is C17H12N2O. The van der Waals surface area contributed by atoms with E-state index in [1.807, 2.05) is 36.4 Å². The Morgan fingerprint density at radius 3 is 2.45 bits per heavy atom. The van der Waals surface area contributed by atoms with Crippen molar-refractivity contribution in [3.63, 3.8) is 0 Å². The van der Waals surface area contributed by atoms with E-state index < -0.39 is 0 Å². The van der Waals surface area contributed by atoms with E-state index in [1.54, 1.807) is 18.3 Å². The van der Waals surface area contributed by atoms with Gasteiger partial charge in [-0.15, -0.1) is 0 Å². The van der Waals surface area contributed by atoms with E-state index in [0.29, 0.717) is 0 Å². The summed E-state index contributed by atoms with van der Waals surface area (Å²) in [4.78, 5) is 4.44. The highest BCUT2D eigenvalue weighted by molar-refractivity contribution is 6.09. The fourth-order valence-corrected chi connectivity index (χ4v) is 2.69. The van der Waals surface area contributed by atoms with Crippen LogP contribution in [0, 0.1) is 0 Å². The molecule has 20 heavy (non-hydrogen) atoms. The molecule has 1 N–H and O–H groups in total. The Hall–Kier alpha value is -2.81. The molecule has 4 aromatic rings. The standard InChI is InChI=1S/C17H12N2O/c20-12-8-9-16-14(11-12)13-5-1-2-6-15(13)19(16)17-7-3-4-10-18-17/h1-11,20H. The number of benzene rings is 2. The summed E-state index contributed by atoms with van der Waals surface area (Å²) in [5, 5.41) is 11.9. The van der Waals surface area contributed by atoms with Gasteiger partial charge in [0, 0.05) is 17.0 Å². The molecular weight excluding hydrogens is 248 g/mol. The molecule has 0 aliphatic carbocycles. The molecule has 2 aromatic carbocycles. The summed E-state index contributed by atoms with van der Waals surface area (Å²) in [7, 11) is 0. The zero-order valence-corrected chi connectivity index (χ0v) is 10.7. The smallest absolute Gasteiger partial charge is 0.137 e. The molecule has 0 unspecified atom stereocenters. The predicted molar refractivity (Wildman–Crippen MR) is 80.2 cm³/mol. The summed E-state index contributed by atoms with van der Waals surface area (Å²) < 4.78 is 2.12. The van der Waals surface area contributed by atoms with Gasteiger partial charge in [0.05, 0.1) is 11.0 Å². The summed E-state index contributed by atoms with van der Waals surface area (Å²) in [5.41, 5.74) is 2.13. The molecule has 96 valence electrons. The molecule has 0 saturated carbocycles. The fourth-order valence-electron chi connectivity index (χ4n) is 2.69. The van der Waals surface area contributed by atoms with Crippen LogP contribution in [0.5, 0.6) is 5.75 Å². The quantitative estimate of drug-likeness (QED) is 0.564. The average molecular weight is 260 g/mol. The van der Waals surface area contributed by atoms with Crippen molar-refractivity contribution >= 4 is 21.8 Å². The van der Waals surface area contributed by atoms with Gasteiger partial charge in [0.2, 0.25) is 0 Å². The highest BCUT2D eigenvalue weighted by atomic mass is 16.3. The fraction of sp³-hybridized carbons (Fsp3) is 0. The molecule has 3 heteroatoms. The lowest BCUT2D eigenvalue weighted by Gasteiger charge is -2.05. The van der Waals surface area contributed by atoms with Gasteiger partial charge >= 0.3 is 0 Å². The third kappa shape index (κ3) is 1.50. The van der Waals surface area contributed by atoms with Crippen molar-refractivity contribution < 1.29 is 5.11 Å². The number of aromatic nitrogens is 2. The largest absolute Gasteiger partial charge is 0.508 e. The molecule has 2 aromatic heterocycles. The van der Waals surface area contributed by atoms with E-state index in [2.05, 4.69) is 21.7 Å². The van der Waals surface area contributed by atoms with Crippen LogP contribution in [-0.2, 0) is 0 Å². The second-order valence-corrected chi connectivity index (χ2v) is 4.74. The number of phenolic OH excluding ortho intramolecular Hbond substituents is 1. The van der Waals surface area contributed by atoms with Crippen LogP contribution < -0.4 is 0 Å². The lowest BCUT2D eigenvalue weighted by Crippen LogP contribution is -1.95. The van der Waals surface area contributed by atoms with Crippen molar-refractivity contribution in [3.05, 3.63) is 66.9 Å². The Morgan fingerprint density at radius 2 is 1.60 bits per heavy atom. The topological polar surface area (TPSA) is 38.0 Å². The summed E-state index contributed by atoms with van der Waals surface area (Å²) in [6.07, 6.45) is 1.79. The zero-order chi connectivity index (χ0) is 13.5. The minimum Gasteiger partial charge on any atom is -0.508 e. The van der Waals surface area contributed by atoms with Gasteiger partial charge < -0.3 is 5.11 Å². The van der Waals surface area contributed by atoms with Crippen LogP contribution in [0.25, 0.3) is 27.6 Å². The highest BCUT2D eigenvalue weighted by Gasteiger charge is 2.12. The molecule has 0 bridgehead atoms. The van der Waals surface area contributed by atoms with E-state index >= 15 is 0 Å². The Kier molecular flexibility index (Phi) is 2.27. The minimum absolute atomic E-state index is 0.279. The maximum atomic E-state index is 9.74. The van der Waals surface area contributed by atoms with E-state index in [-0.39, 0.29) is 5.75 Å². The number of aromatic hydroxyl groups is 1. The Bertz CT molecular complexity index is 910. The van der Waals surface area contributed by atoms with E-state index in [1.165, 1.54) is 0 Å². The molecule has 0 amide bonds. The Balaban J connectivity index is 2.22. The van der Waals surface area contributed by atoms with Crippen LogP contribution in [0.15, 0.2) is 66.9 Å². The SMILES string of the molecule is Oc1ccc2c(c1)c1ccccc1n2-c1ccccn1. The molecule has 3 nitrogen and oxygen atoms in total. The number of rotatable bonds is 1. The average Bonchev–Trinajstić information content (AvgIpc) is 2.82. The first-order chi connectivity index (χ1) is 9.84. The summed E-state index contributed by atoms with van der Waals surface area (Å²) in [6, 6.07) is 19.5. The summed E-state index contributed by atoms with van der Waals surface area (Å²) >= 11 is 0. The molecule has 0 atom stereocenters. The van der Waals surface area contributed by atoms with Gasteiger partial charge in [0.25, 0.3) is 0 Å². The number of nitrogens with zero attached hydrogens (tertiary/aromatic N) is 2. The maximum Gasteiger partial charge on any atom is 0.137 e. The van der Waals surface area contributed by atoms with Crippen LogP contribution >= 0.6 is 0 Å². The van der Waals surface area contributed by atoms with Crippen molar-refractivity contribution in [2.45, 2.75) is 0 Å².